The molecule has 0 amide bonds. The molecule has 3 aliphatic rings. The molecule has 2 saturated carbocycles. The molecular formula is C75H82Cl6N16O. The molecule has 0 spiro atoms. The van der Waals surface area contributed by atoms with Gasteiger partial charge < -0.3 is 39.1 Å². The Bertz CT molecular complexity index is 4410. The highest BCUT2D eigenvalue weighted by atomic mass is 35.5. The Morgan fingerprint density at radius 1 is 0.500 bits per heavy atom. The highest BCUT2D eigenvalue weighted by Gasteiger charge is 2.23. The van der Waals surface area contributed by atoms with Gasteiger partial charge in [-0.3, -0.25) is 0 Å². The summed E-state index contributed by atoms with van der Waals surface area (Å²) in [6.07, 6.45) is 19.2. The van der Waals surface area contributed by atoms with E-state index in [-0.39, 0.29) is 17.8 Å². The van der Waals surface area contributed by atoms with Crippen LogP contribution in [0.25, 0.3) is 62.4 Å². The molecular weight excluding hydrogens is 1350 g/mol. The largest absolute Gasteiger partial charge is 0.386 e. The number of nitrogens with two attached hydrogens (primary N) is 5. The third-order valence-electron chi connectivity index (χ3n) is 16.6. The molecule has 5 heterocycles. The van der Waals surface area contributed by atoms with Crippen LogP contribution < -0.4 is 34.0 Å². The summed E-state index contributed by atoms with van der Waals surface area (Å²) in [7, 11) is 1.82. The van der Waals surface area contributed by atoms with Gasteiger partial charge in [-0.25, -0.2) is 44.9 Å². The Labute approximate surface area is 603 Å². The Balaban J connectivity index is 0.000000144. The van der Waals surface area contributed by atoms with E-state index in [0.717, 1.165) is 123 Å². The summed E-state index contributed by atoms with van der Waals surface area (Å²) >= 11 is 36.9. The number of hydrogen-bond donors (Lipinski definition) is 7. The molecule has 0 unspecified atom stereocenters. The number of aryl methyl sites for hydroxylation is 2. The zero-order valence-electron chi connectivity index (χ0n) is 55.8. The Kier molecular flexibility index (Phi) is 26.0. The van der Waals surface area contributed by atoms with Gasteiger partial charge in [0.25, 0.3) is 0 Å². The van der Waals surface area contributed by atoms with Gasteiger partial charge in [0.1, 0.15) is 5.82 Å². The number of fused-ring (bicyclic) bond motifs is 1. The number of halogens is 6. The third-order valence-corrected chi connectivity index (χ3v) is 19.0. The monoisotopic (exact) mass is 1430 g/mol. The van der Waals surface area contributed by atoms with Crippen LogP contribution in [0.5, 0.6) is 0 Å². The molecule has 3 aliphatic carbocycles. The molecule has 0 atom stereocenters. The van der Waals surface area contributed by atoms with Gasteiger partial charge in [-0.2, -0.15) is 4.98 Å². The minimum atomic E-state index is -0.836. The Hall–Kier alpha value is -8.26. The van der Waals surface area contributed by atoms with Crippen LogP contribution in [0.3, 0.4) is 0 Å². The van der Waals surface area contributed by atoms with Crippen molar-refractivity contribution < 1.29 is 5.11 Å². The molecule has 5 aromatic heterocycles. The first-order valence-electron chi connectivity index (χ1n) is 32.7. The van der Waals surface area contributed by atoms with Crippen LogP contribution in [0.2, 0.25) is 30.1 Å². The van der Waals surface area contributed by atoms with Crippen molar-refractivity contribution in [3.05, 3.63) is 203 Å². The minimum absolute atomic E-state index is 0.254. The summed E-state index contributed by atoms with van der Waals surface area (Å²) in [6.45, 7) is 9.82. The summed E-state index contributed by atoms with van der Waals surface area (Å²) in [4.78, 5) is 42.6. The lowest BCUT2D eigenvalue weighted by atomic mass is 9.86. The van der Waals surface area contributed by atoms with Crippen LogP contribution in [0.15, 0.2) is 133 Å². The Morgan fingerprint density at radius 2 is 0.949 bits per heavy atom. The van der Waals surface area contributed by atoms with E-state index in [0.29, 0.717) is 59.6 Å². The fraction of sp³-hybridized carbons (Fsp3) is 0.307. The lowest BCUT2D eigenvalue weighted by Crippen LogP contribution is -2.14. The summed E-state index contributed by atoms with van der Waals surface area (Å²) in [5.74, 6) is 4.20. The predicted molar refractivity (Wildman–Crippen MR) is 406 cm³/mol. The molecule has 17 nitrogen and oxygen atoms in total. The van der Waals surface area contributed by atoms with Crippen LogP contribution in [-0.4, -0.2) is 62.0 Å². The molecule has 0 radical (unpaired) electrons. The molecule has 12 N–H and O–H groups in total. The number of aliphatic hydroxyl groups is 1. The molecule has 2 fully saturated rings. The summed E-state index contributed by atoms with van der Waals surface area (Å²) < 4.78 is 0. The van der Waals surface area contributed by atoms with Crippen LogP contribution in [0, 0.1) is 17.8 Å². The second kappa shape index (κ2) is 34.5. The van der Waals surface area contributed by atoms with Gasteiger partial charge in [0.2, 0.25) is 29.7 Å². The van der Waals surface area contributed by atoms with Gasteiger partial charge in [0, 0.05) is 63.7 Å². The fourth-order valence-corrected chi connectivity index (χ4v) is 12.6. The molecule has 0 saturated heterocycles. The molecule has 23 heteroatoms. The van der Waals surface area contributed by atoms with E-state index in [9.17, 15) is 5.11 Å². The first kappa shape index (κ1) is 74.0. The zero-order chi connectivity index (χ0) is 70.2. The van der Waals surface area contributed by atoms with Crippen molar-refractivity contribution in [1.29, 1.82) is 0 Å². The molecule has 10 aromatic rings. The van der Waals surface area contributed by atoms with E-state index in [4.69, 9.17) is 98.3 Å². The quantitative estimate of drug-likeness (QED) is 0.0502. The van der Waals surface area contributed by atoms with Crippen molar-refractivity contribution in [3.63, 3.8) is 0 Å². The minimum Gasteiger partial charge on any atom is -0.386 e. The summed E-state index contributed by atoms with van der Waals surface area (Å²) in [5.41, 5.74) is 43.6. The van der Waals surface area contributed by atoms with Crippen LogP contribution >= 0.6 is 69.6 Å². The summed E-state index contributed by atoms with van der Waals surface area (Å²) in [5, 5.41) is 16.0. The number of benzene rings is 5. The SMILES string of the molecule is CC(C)Cc1cc(-c2cccc(Cl)c2Cl)nc(N)n1.CCc1cc(-c2ccc(C(C)(C)O)cc2)nc(N)n1.CNc1cc(-c2cccc3c2C=CC3)nc(N)n1.Nc1nc(CC2CCCCC2)cc(-c2cccc(Cl)c2Cl)n1.Nc1nc(CCC2CC2)cc(-c2cccc(Cl)c2Cl)n1. The molecule has 98 heavy (non-hydrogen) atoms. The molecule has 0 aliphatic heterocycles. The topological polar surface area (TPSA) is 291 Å². The number of nitrogens with zero attached hydrogens (tertiary/aromatic N) is 10. The van der Waals surface area contributed by atoms with Crippen molar-refractivity contribution in [2.75, 3.05) is 41.0 Å². The smallest absolute Gasteiger partial charge is 0.222 e. The number of anilines is 6. The van der Waals surface area contributed by atoms with Crippen LogP contribution in [0.1, 0.15) is 125 Å². The van der Waals surface area contributed by atoms with E-state index in [1.807, 2.05) is 105 Å². The Morgan fingerprint density at radius 3 is 1.46 bits per heavy atom. The van der Waals surface area contributed by atoms with Gasteiger partial charge in [-0.05, 0) is 129 Å². The predicted octanol–water partition coefficient (Wildman–Crippen LogP) is 18.6. The average molecular weight is 1440 g/mol. The van der Waals surface area contributed by atoms with Gasteiger partial charge in [0.05, 0.1) is 64.2 Å². The van der Waals surface area contributed by atoms with Crippen molar-refractivity contribution in [3.8, 4) is 56.3 Å². The summed E-state index contributed by atoms with van der Waals surface area (Å²) in [6, 6.07) is 40.1. The van der Waals surface area contributed by atoms with Crippen molar-refractivity contribution in [2.24, 2.45) is 17.8 Å². The lowest BCUT2D eigenvalue weighted by molar-refractivity contribution is 0.0786. The highest BCUT2D eigenvalue weighted by Crippen LogP contribution is 2.39. The maximum absolute atomic E-state index is 9.93. The van der Waals surface area contributed by atoms with Crippen molar-refractivity contribution in [2.45, 2.75) is 124 Å². The van der Waals surface area contributed by atoms with Crippen LogP contribution in [-0.2, 0) is 37.7 Å². The number of rotatable bonds is 15. The third kappa shape index (κ3) is 20.9. The number of hydrogen-bond acceptors (Lipinski definition) is 17. The molecule has 5 aromatic carbocycles. The number of aromatic nitrogens is 10. The van der Waals surface area contributed by atoms with Gasteiger partial charge in [-0.15, -0.1) is 0 Å². The standard InChI is InChI=1S/C17H19Cl2N3.C15H15Cl2N3.C15H19N3O.C14H15Cl2N3.C14H14N4/c18-14-8-4-7-13(16(14)19)15-10-12(21-17(20)22-15)9-11-5-2-1-3-6-11;16-12-3-1-2-11(14(12)17)13-8-10(19-15(18)20-13)7-6-9-4-5-9;1-4-12-9-13(18-14(16)17-12)10-5-7-11(8-6-10)15(2,3)19;1-8(2)6-9-7-12(19-14(17)18-9)10-4-3-5-11(15)13(10)16;1-16-13-8-12(17-14(15)18-13)11-7-3-5-9-4-2-6-10(9)11/h4,7-8,10-11H,1-3,5-6,9H2,(H2,20,21,22);1-3,8-9H,4-7H2,(H2,18,19,20);5-9,19H,4H2,1-3H3,(H2,16,17,18);3-5,7-8H,6H2,1-2H3,(H2,17,18,19);2-3,5-8H,4H2,1H3,(H3,15,16,17,18). The van der Waals surface area contributed by atoms with E-state index in [1.165, 1.54) is 62.5 Å². The van der Waals surface area contributed by atoms with Gasteiger partial charge >= 0.3 is 0 Å². The first-order valence-corrected chi connectivity index (χ1v) is 35.0. The maximum atomic E-state index is 9.93. The normalized spacial score (nSPS) is 13.2. The van der Waals surface area contributed by atoms with Crippen molar-refractivity contribution in [1.82, 2.24) is 49.8 Å². The maximum Gasteiger partial charge on any atom is 0.222 e. The molecule has 510 valence electrons. The van der Waals surface area contributed by atoms with E-state index < -0.39 is 5.60 Å². The lowest BCUT2D eigenvalue weighted by Gasteiger charge is -2.21. The van der Waals surface area contributed by atoms with E-state index in [2.05, 4.69) is 99.4 Å². The second-order valence-corrected chi connectivity index (χ2v) is 27.6. The fourth-order valence-electron chi connectivity index (χ4n) is 11.4. The first-order chi connectivity index (χ1) is 46.9. The van der Waals surface area contributed by atoms with Crippen molar-refractivity contribution >= 4 is 111 Å². The van der Waals surface area contributed by atoms with Gasteiger partial charge in [-0.1, -0.05) is 226 Å². The number of nitrogen functional groups attached to an aromatic ring is 5. The molecule has 13 rings (SSSR count). The van der Waals surface area contributed by atoms with Gasteiger partial charge in [0.15, 0.2) is 0 Å². The number of allylic oxidation sites excluding steroid dienone is 1. The highest BCUT2D eigenvalue weighted by molar-refractivity contribution is 6.44. The van der Waals surface area contributed by atoms with E-state index in [1.54, 1.807) is 32.0 Å². The van der Waals surface area contributed by atoms with E-state index >= 15 is 0 Å². The zero-order valence-corrected chi connectivity index (χ0v) is 60.3. The molecule has 0 bridgehead atoms. The number of nitrogens with one attached hydrogen (secondary N) is 1. The average Bonchev–Trinajstić information content (AvgIpc) is 1.58. The van der Waals surface area contributed by atoms with Crippen LogP contribution in [0.4, 0.5) is 35.6 Å². The second-order valence-electron chi connectivity index (χ2n) is 25.2.